The second kappa shape index (κ2) is 5.87. The Balaban J connectivity index is 2.30. The van der Waals surface area contributed by atoms with Crippen molar-refractivity contribution < 1.29 is 18.8 Å². The van der Waals surface area contributed by atoms with Crippen molar-refractivity contribution in [2.45, 2.75) is 19.8 Å². The van der Waals surface area contributed by atoms with E-state index < -0.39 is 29.6 Å². The number of urea groups is 1. The van der Waals surface area contributed by atoms with E-state index >= 15 is 0 Å². The van der Waals surface area contributed by atoms with Crippen LogP contribution >= 0.6 is 0 Å². The zero-order valence-electron chi connectivity index (χ0n) is 11.7. The van der Waals surface area contributed by atoms with Gasteiger partial charge in [0.1, 0.15) is 11.7 Å². The molecule has 5 nitrogen and oxygen atoms in total. The number of carbonyl (C=O) groups excluding carboxylic acids is 3. The van der Waals surface area contributed by atoms with Gasteiger partial charge in [0.2, 0.25) is 11.8 Å². The monoisotopic (exact) mass is 290 g/mol. The molecule has 1 atom stereocenters. The molecule has 1 heterocycles. The van der Waals surface area contributed by atoms with E-state index in [1.54, 1.807) is 6.08 Å². The minimum absolute atomic E-state index is 0.0952. The van der Waals surface area contributed by atoms with Crippen LogP contribution in [0.3, 0.4) is 0 Å². The second-order valence-corrected chi connectivity index (χ2v) is 5.01. The number of carbonyl (C=O) groups is 3. The summed E-state index contributed by atoms with van der Waals surface area (Å²) in [6, 6.07) is 4.35. The summed E-state index contributed by atoms with van der Waals surface area (Å²) in [5, 5.41) is 2.15. The predicted molar refractivity (Wildman–Crippen MR) is 73.8 cm³/mol. The average Bonchev–Trinajstić information content (AvgIpc) is 2.40. The summed E-state index contributed by atoms with van der Waals surface area (Å²) < 4.78 is 12.9. The molecule has 110 valence electrons. The highest BCUT2D eigenvalue weighted by molar-refractivity contribution is 6.19. The van der Waals surface area contributed by atoms with Crippen molar-refractivity contribution in [1.82, 2.24) is 10.2 Å². The summed E-state index contributed by atoms with van der Waals surface area (Å²) >= 11 is 0. The van der Waals surface area contributed by atoms with Crippen molar-refractivity contribution in [3.05, 3.63) is 47.3 Å². The molecule has 1 aromatic rings. The minimum atomic E-state index is -1.13. The van der Waals surface area contributed by atoms with Crippen molar-refractivity contribution in [2.75, 3.05) is 6.54 Å². The third kappa shape index (κ3) is 3.16. The largest absolute Gasteiger partial charge is 0.331 e. The fraction of sp³-hybridized carbons (Fsp3) is 0.267. The van der Waals surface area contributed by atoms with Crippen molar-refractivity contribution in [3.8, 4) is 0 Å². The molecule has 1 aliphatic heterocycles. The van der Waals surface area contributed by atoms with Gasteiger partial charge in [0.05, 0.1) is 0 Å². The first-order valence-electron chi connectivity index (χ1n) is 6.45. The first-order chi connectivity index (χ1) is 9.90. The molecule has 1 aliphatic rings. The number of rotatable bonds is 3. The Labute approximate surface area is 121 Å². The fourth-order valence-corrected chi connectivity index (χ4v) is 2.01. The smallest absolute Gasteiger partial charge is 0.277 e. The molecule has 2 rings (SSSR count). The van der Waals surface area contributed by atoms with Crippen LogP contribution in [0, 0.1) is 5.82 Å². The lowest BCUT2D eigenvalue weighted by molar-refractivity contribution is -0.138. The van der Waals surface area contributed by atoms with Gasteiger partial charge in [-0.1, -0.05) is 23.8 Å². The van der Waals surface area contributed by atoms with Gasteiger partial charge in [0.25, 0.3) is 0 Å². The Morgan fingerprint density at radius 3 is 2.43 bits per heavy atom. The molecular weight excluding hydrogens is 275 g/mol. The first kappa shape index (κ1) is 14.9. The minimum Gasteiger partial charge on any atom is -0.277 e. The lowest BCUT2D eigenvalue weighted by Gasteiger charge is -2.29. The number of hydrogen-bond donors (Lipinski definition) is 1. The number of nitrogens with zero attached hydrogens (tertiary/aromatic N) is 1. The van der Waals surface area contributed by atoms with Gasteiger partial charge in [-0.2, -0.15) is 0 Å². The van der Waals surface area contributed by atoms with Crippen molar-refractivity contribution >= 4 is 17.8 Å². The van der Waals surface area contributed by atoms with Crippen LogP contribution in [0.2, 0.25) is 0 Å². The van der Waals surface area contributed by atoms with Crippen LogP contribution in [0.15, 0.2) is 35.9 Å². The number of amides is 4. The van der Waals surface area contributed by atoms with Gasteiger partial charge >= 0.3 is 6.03 Å². The van der Waals surface area contributed by atoms with Crippen LogP contribution in [0.25, 0.3) is 0 Å². The van der Waals surface area contributed by atoms with Crippen LogP contribution in [-0.4, -0.2) is 29.3 Å². The Bertz CT molecular complexity index is 618. The molecule has 0 radical (unpaired) electrons. The lowest BCUT2D eigenvalue weighted by atomic mass is 9.95. The molecule has 0 bridgehead atoms. The van der Waals surface area contributed by atoms with E-state index in [1.807, 2.05) is 13.8 Å². The van der Waals surface area contributed by atoms with E-state index in [1.165, 1.54) is 24.3 Å². The van der Waals surface area contributed by atoms with Crippen LogP contribution < -0.4 is 5.32 Å². The van der Waals surface area contributed by atoms with E-state index in [9.17, 15) is 18.8 Å². The highest BCUT2D eigenvalue weighted by Gasteiger charge is 2.40. The summed E-state index contributed by atoms with van der Waals surface area (Å²) in [7, 11) is 0. The Morgan fingerprint density at radius 1 is 1.24 bits per heavy atom. The molecule has 6 heteroatoms. The van der Waals surface area contributed by atoms with Gasteiger partial charge in [0.15, 0.2) is 0 Å². The van der Waals surface area contributed by atoms with Gasteiger partial charge in [-0.05, 0) is 31.5 Å². The third-order valence-electron chi connectivity index (χ3n) is 3.14. The van der Waals surface area contributed by atoms with E-state index in [-0.39, 0.29) is 6.54 Å². The van der Waals surface area contributed by atoms with E-state index in [0.29, 0.717) is 5.56 Å². The van der Waals surface area contributed by atoms with Crippen LogP contribution in [-0.2, 0) is 9.59 Å². The molecular formula is C15H15FN2O3. The first-order valence-corrected chi connectivity index (χ1v) is 6.45. The van der Waals surface area contributed by atoms with Gasteiger partial charge < -0.3 is 0 Å². The van der Waals surface area contributed by atoms with Gasteiger partial charge in [-0.15, -0.1) is 0 Å². The molecule has 0 saturated carbocycles. The molecule has 1 aromatic carbocycles. The van der Waals surface area contributed by atoms with Crippen molar-refractivity contribution in [2.24, 2.45) is 0 Å². The molecule has 0 aliphatic carbocycles. The van der Waals surface area contributed by atoms with Gasteiger partial charge in [-0.3, -0.25) is 19.8 Å². The Morgan fingerprint density at radius 2 is 1.86 bits per heavy atom. The number of nitrogens with one attached hydrogen (secondary N) is 1. The third-order valence-corrected chi connectivity index (χ3v) is 3.14. The van der Waals surface area contributed by atoms with E-state index in [0.717, 1.165) is 10.5 Å². The molecule has 1 N–H and O–H groups in total. The topological polar surface area (TPSA) is 66.5 Å². The summed E-state index contributed by atoms with van der Waals surface area (Å²) in [5.74, 6) is -2.88. The summed E-state index contributed by atoms with van der Waals surface area (Å²) in [6.07, 6.45) is 1.72. The number of halogens is 1. The van der Waals surface area contributed by atoms with Gasteiger partial charge in [0, 0.05) is 6.54 Å². The molecule has 0 aromatic heterocycles. The van der Waals surface area contributed by atoms with E-state index in [4.69, 9.17) is 0 Å². The highest BCUT2D eigenvalue weighted by atomic mass is 19.1. The number of allylic oxidation sites excluding steroid dienone is 1. The number of benzene rings is 1. The molecule has 4 amide bonds. The second-order valence-electron chi connectivity index (χ2n) is 5.01. The van der Waals surface area contributed by atoms with Gasteiger partial charge in [-0.25, -0.2) is 9.18 Å². The Kier molecular flexibility index (Phi) is 4.16. The highest BCUT2D eigenvalue weighted by Crippen LogP contribution is 2.23. The zero-order valence-corrected chi connectivity index (χ0v) is 11.7. The maximum absolute atomic E-state index is 12.9. The number of hydrogen-bond acceptors (Lipinski definition) is 3. The van der Waals surface area contributed by atoms with Crippen LogP contribution in [0.1, 0.15) is 25.3 Å². The van der Waals surface area contributed by atoms with Crippen LogP contribution in [0.4, 0.5) is 9.18 Å². The normalized spacial score (nSPS) is 18.5. The average molecular weight is 290 g/mol. The maximum Gasteiger partial charge on any atom is 0.331 e. The van der Waals surface area contributed by atoms with Crippen LogP contribution in [0.5, 0.6) is 0 Å². The summed E-state index contributed by atoms with van der Waals surface area (Å²) in [4.78, 5) is 37.0. The molecule has 1 unspecified atom stereocenters. The molecule has 21 heavy (non-hydrogen) atoms. The predicted octanol–water partition coefficient (Wildman–Crippen LogP) is 1.95. The maximum atomic E-state index is 12.9. The zero-order chi connectivity index (χ0) is 15.6. The van der Waals surface area contributed by atoms with Crippen molar-refractivity contribution in [3.63, 3.8) is 0 Å². The summed E-state index contributed by atoms with van der Waals surface area (Å²) in [5.41, 5.74) is 1.31. The summed E-state index contributed by atoms with van der Waals surface area (Å²) in [6.45, 7) is 3.78. The van der Waals surface area contributed by atoms with E-state index in [2.05, 4.69) is 5.32 Å². The molecule has 1 saturated heterocycles. The quantitative estimate of drug-likeness (QED) is 0.683. The molecule has 1 fully saturated rings. The lowest BCUT2D eigenvalue weighted by Crippen LogP contribution is -2.56. The van der Waals surface area contributed by atoms with Crippen molar-refractivity contribution in [1.29, 1.82) is 0 Å². The standard InChI is InChI=1S/C15H15FN2O3/c1-9(2)7-8-18-14(20)12(13(19)17-15(18)21)10-3-5-11(16)6-4-10/h3-7,12H,8H2,1-2H3,(H,17,19,21). The SMILES string of the molecule is CC(C)=CCN1C(=O)NC(=O)C(c2ccc(F)cc2)C1=O. The molecule has 0 spiro atoms. The number of imide groups is 2. The number of barbiturate groups is 1. The fourth-order valence-electron chi connectivity index (χ4n) is 2.01. The Hall–Kier alpha value is -2.50.